The molecule has 0 saturated carbocycles. The normalized spacial score (nSPS) is 15.0. The van der Waals surface area contributed by atoms with E-state index in [9.17, 15) is 17.4 Å². The third kappa shape index (κ3) is 5.16. The highest BCUT2D eigenvalue weighted by Crippen LogP contribution is 2.31. The summed E-state index contributed by atoms with van der Waals surface area (Å²) >= 11 is 0. The van der Waals surface area contributed by atoms with Crippen LogP contribution < -0.4 is 4.72 Å². The SMILES string of the molecule is C[C@H](N[S@@](=O)C(C)(C)C)c1cccc(-c2ccc(C(F)(F)F)cc2)c1. The van der Waals surface area contributed by atoms with Gasteiger partial charge in [-0.05, 0) is 62.6 Å². The number of halogens is 3. The Bertz CT molecular complexity index is 748. The Balaban J connectivity index is 2.22. The summed E-state index contributed by atoms with van der Waals surface area (Å²) < 4.78 is 52.9. The molecule has 6 heteroatoms. The fourth-order valence-electron chi connectivity index (χ4n) is 2.24. The van der Waals surface area contributed by atoms with E-state index in [1.54, 1.807) is 0 Å². The number of alkyl halides is 3. The van der Waals surface area contributed by atoms with Gasteiger partial charge in [0.2, 0.25) is 0 Å². The Kier molecular flexibility index (Phi) is 5.74. The van der Waals surface area contributed by atoms with Crippen LogP contribution >= 0.6 is 0 Å². The Morgan fingerprint density at radius 1 is 0.960 bits per heavy atom. The van der Waals surface area contributed by atoms with Gasteiger partial charge in [0.15, 0.2) is 0 Å². The molecule has 1 N–H and O–H groups in total. The third-order valence-electron chi connectivity index (χ3n) is 3.77. The van der Waals surface area contributed by atoms with E-state index in [4.69, 9.17) is 0 Å². The van der Waals surface area contributed by atoms with Crippen LogP contribution in [0.3, 0.4) is 0 Å². The second-order valence-electron chi connectivity index (χ2n) is 6.92. The molecule has 2 rings (SSSR count). The molecule has 0 aliphatic rings. The van der Waals surface area contributed by atoms with E-state index in [2.05, 4.69) is 4.72 Å². The lowest BCUT2D eigenvalue weighted by Crippen LogP contribution is -2.34. The third-order valence-corrected chi connectivity index (χ3v) is 5.45. The van der Waals surface area contributed by atoms with Gasteiger partial charge in [-0.1, -0.05) is 30.3 Å². The number of nitrogens with one attached hydrogen (secondary N) is 1. The quantitative estimate of drug-likeness (QED) is 0.759. The summed E-state index contributed by atoms with van der Waals surface area (Å²) in [5, 5.41) is 0. The number of hydrogen-bond acceptors (Lipinski definition) is 1. The average Bonchev–Trinajstić information content (AvgIpc) is 2.53. The van der Waals surface area contributed by atoms with E-state index in [0.717, 1.165) is 23.3 Å². The lowest BCUT2D eigenvalue weighted by atomic mass is 9.99. The lowest BCUT2D eigenvalue weighted by molar-refractivity contribution is -0.137. The molecular formula is C19H22F3NOS. The number of hydrogen-bond donors (Lipinski definition) is 1. The highest BCUT2D eigenvalue weighted by Gasteiger charge is 2.30. The maximum absolute atomic E-state index is 12.7. The van der Waals surface area contributed by atoms with Crippen LogP contribution in [0, 0.1) is 0 Å². The molecule has 0 bridgehead atoms. The summed E-state index contributed by atoms with van der Waals surface area (Å²) in [6.45, 7) is 7.58. The van der Waals surface area contributed by atoms with Crippen molar-refractivity contribution in [1.82, 2.24) is 4.72 Å². The van der Waals surface area contributed by atoms with Crippen molar-refractivity contribution in [2.45, 2.75) is 44.7 Å². The van der Waals surface area contributed by atoms with Gasteiger partial charge < -0.3 is 0 Å². The van der Waals surface area contributed by atoms with Crippen molar-refractivity contribution < 1.29 is 17.4 Å². The Morgan fingerprint density at radius 2 is 1.56 bits per heavy atom. The summed E-state index contributed by atoms with van der Waals surface area (Å²) in [6.07, 6.45) is -4.34. The molecule has 0 aliphatic carbocycles. The van der Waals surface area contributed by atoms with Crippen molar-refractivity contribution in [1.29, 1.82) is 0 Å². The molecule has 0 radical (unpaired) electrons. The van der Waals surface area contributed by atoms with Crippen LogP contribution in [0.1, 0.15) is 44.9 Å². The minimum absolute atomic E-state index is 0.144. The molecule has 0 aliphatic heterocycles. The van der Waals surface area contributed by atoms with E-state index in [-0.39, 0.29) is 10.8 Å². The highest BCUT2D eigenvalue weighted by atomic mass is 32.2. The van der Waals surface area contributed by atoms with Crippen LogP contribution in [0.2, 0.25) is 0 Å². The zero-order valence-electron chi connectivity index (χ0n) is 14.6. The first kappa shape index (κ1) is 19.7. The minimum atomic E-state index is -4.34. The minimum Gasteiger partial charge on any atom is -0.242 e. The fourth-order valence-corrected chi connectivity index (χ4v) is 3.06. The molecule has 2 aromatic rings. The van der Waals surface area contributed by atoms with Crippen molar-refractivity contribution in [3.63, 3.8) is 0 Å². The van der Waals surface area contributed by atoms with Gasteiger partial charge in [-0.2, -0.15) is 13.2 Å². The van der Waals surface area contributed by atoms with Crippen LogP contribution in [0.25, 0.3) is 11.1 Å². The van der Waals surface area contributed by atoms with Gasteiger partial charge in [0.05, 0.1) is 21.3 Å². The van der Waals surface area contributed by atoms with Crippen LogP contribution in [-0.2, 0) is 17.2 Å². The van der Waals surface area contributed by atoms with Crippen LogP contribution in [0.15, 0.2) is 48.5 Å². The Labute approximate surface area is 149 Å². The van der Waals surface area contributed by atoms with Gasteiger partial charge in [-0.15, -0.1) is 0 Å². The topological polar surface area (TPSA) is 29.1 Å². The number of benzene rings is 2. The first-order valence-electron chi connectivity index (χ1n) is 7.94. The van der Waals surface area contributed by atoms with Crippen LogP contribution in [0.5, 0.6) is 0 Å². The van der Waals surface area contributed by atoms with E-state index < -0.39 is 22.7 Å². The fraction of sp³-hybridized carbons (Fsp3) is 0.368. The van der Waals surface area contributed by atoms with E-state index in [0.29, 0.717) is 5.56 Å². The molecule has 0 amide bonds. The molecule has 0 aromatic heterocycles. The van der Waals surface area contributed by atoms with Crippen LogP contribution in [0.4, 0.5) is 13.2 Å². The zero-order valence-corrected chi connectivity index (χ0v) is 15.5. The lowest BCUT2D eigenvalue weighted by Gasteiger charge is -2.22. The second kappa shape index (κ2) is 7.30. The average molecular weight is 369 g/mol. The van der Waals surface area contributed by atoms with Crippen molar-refractivity contribution in [2.24, 2.45) is 0 Å². The molecule has 0 heterocycles. The van der Waals surface area contributed by atoms with Gasteiger partial charge in [0.25, 0.3) is 0 Å². The van der Waals surface area contributed by atoms with Crippen molar-refractivity contribution in [3.8, 4) is 11.1 Å². The largest absolute Gasteiger partial charge is 0.416 e. The molecule has 0 saturated heterocycles. The smallest absolute Gasteiger partial charge is 0.242 e. The predicted octanol–water partition coefficient (Wildman–Crippen LogP) is 5.49. The van der Waals surface area contributed by atoms with Crippen molar-refractivity contribution in [2.75, 3.05) is 0 Å². The maximum Gasteiger partial charge on any atom is 0.416 e. The molecule has 25 heavy (non-hydrogen) atoms. The van der Waals surface area contributed by atoms with Gasteiger partial charge in [-0.3, -0.25) is 0 Å². The van der Waals surface area contributed by atoms with Gasteiger partial charge in [0.1, 0.15) is 0 Å². The molecule has 0 unspecified atom stereocenters. The van der Waals surface area contributed by atoms with E-state index in [1.807, 2.05) is 52.0 Å². The van der Waals surface area contributed by atoms with E-state index in [1.165, 1.54) is 12.1 Å². The summed E-state index contributed by atoms with van der Waals surface area (Å²) in [5.74, 6) is 0. The highest BCUT2D eigenvalue weighted by molar-refractivity contribution is 7.84. The van der Waals surface area contributed by atoms with Gasteiger partial charge >= 0.3 is 6.18 Å². The number of rotatable bonds is 4. The molecular weight excluding hydrogens is 347 g/mol. The summed E-state index contributed by atoms with van der Waals surface area (Å²) in [5.41, 5.74) is 1.79. The Morgan fingerprint density at radius 3 is 2.08 bits per heavy atom. The van der Waals surface area contributed by atoms with Crippen molar-refractivity contribution >= 4 is 11.0 Å². The van der Waals surface area contributed by atoms with Crippen molar-refractivity contribution in [3.05, 3.63) is 59.7 Å². The summed E-state index contributed by atoms with van der Waals surface area (Å²) in [7, 11) is -1.21. The molecule has 0 fully saturated rings. The monoisotopic (exact) mass is 369 g/mol. The zero-order chi connectivity index (χ0) is 18.8. The molecule has 0 spiro atoms. The van der Waals surface area contributed by atoms with Gasteiger partial charge in [0, 0.05) is 6.04 Å². The Hall–Kier alpha value is -1.66. The standard InChI is InChI=1S/C19H22F3NOS/c1-13(23-25(24)18(2,3)4)15-6-5-7-16(12-15)14-8-10-17(11-9-14)19(20,21)22/h5-13,23H,1-4H3/t13-,25-/m0/s1. The second-order valence-corrected chi connectivity index (χ2v) is 8.92. The predicted molar refractivity (Wildman–Crippen MR) is 96.3 cm³/mol. The molecule has 2 atom stereocenters. The summed E-state index contributed by atoms with van der Waals surface area (Å²) in [4.78, 5) is 0. The van der Waals surface area contributed by atoms with E-state index >= 15 is 0 Å². The summed E-state index contributed by atoms with van der Waals surface area (Å²) in [6, 6.07) is 12.5. The van der Waals surface area contributed by atoms with Crippen LogP contribution in [-0.4, -0.2) is 8.96 Å². The molecule has 136 valence electrons. The molecule has 2 aromatic carbocycles. The maximum atomic E-state index is 12.7. The van der Waals surface area contributed by atoms with Gasteiger partial charge in [-0.25, -0.2) is 8.93 Å². The first-order valence-corrected chi connectivity index (χ1v) is 9.09. The molecule has 2 nitrogen and oxygen atoms in total. The first-order chi connectivity index (χ1) is 11.5.